The van der Waals surface area contributed by atoms with Gasteiger partial charge in [0.1, 0.15) is 0 Å². The van der Waals surface area contributed by atoms with Crippen LogP contribution in [0.25, 0.3) is 0 Å². The van der Waals surface area contributed by atoms with E-state index < -0.39 is 0 Å². The second kappa shape index (κ2) is 6.02. The zero-order valence-corrected chi connectivity index (χ0v) is 13.4. The highest BCUT2D eigenvalue weighted by molar-refractivity contribution is 5.81. The molecule has 1 amide bonds. The molecule has 0 aromatic carbocycles. The molecule has 0 saturated carbocycles. The number of nitrogens with zero attached hydrogens (tertiary/aromatic N) is 3. The van der Waals surface area contributed by atoms with Crippen molar-refractivity contribution in [2.24, 2.45) is 17.5 Å². The second-order valence-corrected chi connectivity index (χ2v) is 6.56. The van der Waals surface area contributed by atoms with E-state index >= 15 is 0 Å². The first kappa shape index (κ1) is 14.9. The van der Waals surface area contributed by atoms with Gasteiger partial charge < -0.3 is 20.1 Å². The van der Waals surface area contributed by atoms with E-state index in [2.05, 4.69) is 32.8 Å². The lowest BCUT2D eigenvalue weighted by Crippen LogP contribution is -2.51. The van der Waals surface area contributed by atoms with Crippen LogP contribution in [0.15, 0.2) is 23.5 Å². The SMILES string of the molecule is CN=C(NCc1ccn(C)c1)N1CCCC2(CNC(=O)C2)C1. The van der Waals surface area contributed by atoms with Crippen molar-refractivity contribution >= 4 is 11.9 Å². The average molecular weight is 303 g/mol. The molecule has 0 aliphatic carbocycles. The quantitative estimate of drug-likeness (QED) is 0.624. The van der Waals surface area contributed by atoms with Crippen molar-refractivity contribution in [1.82, 2.24) is 20.1 Å². The minimum absolute atomic E-state index is 0.0969. The van der Waals surface area contributed by atoms with Crippen molar-refractivity contribution in [3.8, 4) is 0 Å². The number of rotatable bonds is 2. The number of carbonyl (C=O) groups is 1. The Morgan fingerprint density at radius 1 is 1.55 bits per heavy atom. The minimum atomic E-state index is 0.0969. The van der Waals surface area contributed by atoms with Crippen LogP contribution >= 0.6 is 0 Å². The molecular formula is C16H25N5O. The number of aromatic nitrogens is 1. The van der Waals surface area contributed by atoms with Gasteiger partial charge in [-0.05, 0) is 24.5 Å². The van der Waals surface area contributed by atoms with E-state index in [0.717, 1.165) is 45.0 Å². The third-order valence-electron chi connectivity index (χ3n) is 4.71. The van der Waals surface area contributed by atoms with Gasteiger partial charge in [-0.3, -0.25) is 9.79 Å². The summed E-state index contributed by atoms with van der Waals surface area (Å²) in [7, 11) is 3.85. The molecule has 1 spiro atoms. The monoisotopic (exact) mass is 303 g/mol. The topological polar surface area (TPSA) is 61.7 Å². The van der Waals surface area contributed by atoms with Crippen molar-refractivity contribution in [3.05, 3.63) is 24.0 Å². The smallest absolute Gasteiger partial charge is 0.220 e. The van der Waals surface area contributed by atoms with Gasteiger partial charge in [0.2, 0.25) is 5.91 Å². The molecule has 2 aliphatic heterocycles. The number of piperidine rings is 1. The van der Waals surface area contributed by atoms with Crippen LogP contribution in [0.1, 0.15) is 24.8 Å². The number of likely N-dealkylation sites (tertiary alicyclic amines) is 1. The third-order valence-corrected chi connectivity index (χ3v) is 4.71. The van der Waals surface area contributed by atoms with Crippen molar-refractivity contribution in [1.29, 1.82) is 0 Å². The molecule has 6 nitrogen and oxygen atoms in total. The van der Waals surface area contributed by atoms with E-state index in [1.807, 2.05) is 24.9 Å². The highest BCUT2D eigenvalue weighted by atomic mass is 16.1. The van der Waals surface area contributed by atoms with Gasteiger partial charge in [-0.25, -0.2) is 0 Å². The van der Waals surface area contributed by atoms with Gasteiger partial charge in [0.15, 0.2) is 5.96 Å². The molecule has 3 heterocycles. The predicted molar refractivity (Wildman–Crippen MR) is 86.5 cm³/mol. The minimum Gasteiger partial charge on any atom is -0.357 e. The molecule has 2 saturated heterocycles. The lowest BCUT2D eigenvalue weighted by molar-refractivity contribution is -0.119. The number of hydrogen-bond donors (Lipinski definition) is 2. The summed E-state index contributed by atoms with van der Waals surface area (Å²) in [6.07, 6.45) is 7.04. The van der Waals surface area contributed by atoms with Gasteiger partial charge in [-0.2, -0.15) is 0 Å². The molecular weight excluding hydrogens is 278 g/mol. The Morgan fingerprint density at radius 2 is 2.41 bits per heavy atom. The molecule has 0 radical (unpaired) electrons. The molecule has 2 fully saturated rings. The summed E-state index contributed by atoms with van der Waals surface area (Å²) in [4.78, 5) is 18.3. The molecule has 6 heteroatoms. The summed E-state index contributed by atoms with van der Waals surface area (Å²) in [5.41, 5.74) is 1.34. The van der Waals surface area contributed by atoms with Crippen LogP contribution in [0.5, 0.6) is 0 Å². The number of nitrogens with one attached hydrogen (secondary N) is 2. The molecule has 3 rings (SSSR count). The van der Waals surface area contributed by atoms with Crippen LogP contribution in [-0.2, 0) is 18.4 Å². The predicted octanol–water partition coefficient (Wildman–Crippen LogP) is 0.703. The number of hydrogen-bond acceptors (Lipinski definition) is 2. The van der Waals surface area contributed by atoms with Crippen LogP contribution in [0.4, 0.5) is 0 Å². The third kappa shape index (κ3) is 3.10. The van der Waals surface area contributed by atoms with Crippen LogP contribution in [0.3, 0.4) is 0 Å². The fourth-order valence-electron chi connectivity index (χ4n) is 3.61. The van der Waals surface area contributed by atoms with Crippen molar-refractivity contribution < 1.29 is 4.79 Å². The maximum Gasteiger partial charge on any atom is 0.220 e. The second-order valence-electron chi connectivity index (χ2n) is 6.56. The number of aliphatic imine (C=N–C) groups is 1. The lowest BCUT2D eigenvalue weighted by atomic mass is 9.79. The molecule has 1 atom stereocenters. The first-order valence-corrected chi connectivity index (χ1v) is 7.93. The highest BCUT2D eigenvalue weighted by Crippen LogP contribution is 2.35. The van der Waals surface area contributed by atoms with E-state index in [9.17, 15) is 4.79 Å². The molecule has 22 heavy (non-hydrogen) atoms. The number of amides is 1. The molecule has 2 aliphatic rings. The molecule has 1 aromatic rings. The van der Waals surface area contributed by atoms with E-state index in [4.69, 9.17) is 0 Å². The Hall–Kier alpha value is -1.98. The molecule has 2 N–H and O–H groups in total. The normalized spacial score (nSPS) is 25.6. The zero-order chi connectivity index (χ0) is 15.6. The van der Waals surface area contributed by atoms with Crippen LogP contribution in [0.2, 0.25) is 0 Å². The van der Waals surface area contributed by atoms with Gasteiger partial charge in [0, 0.05) is 64.5 Å². The lowest BCUT2D eigenvalue weighted by Gasteiger charge is -2.40. The van der Waals surface area contributed by atoms with Crippen LogP contribution in [-0.4, -0.2) is 48.0 Å². The Labute approximate surface area is 131 Å². The fraction of sp³-hybridized carbons (Fsp3) is 0.625. The van der Waals surface area contributed by atoms with E-state index in [0.29, 0.717) is 6.42 Å². The van der Waals surface area contributed by atoms with Crippen molar-refractivity contribution in [2.75, 3.05) is 26.7 Å². The standard InChI is InChI=1S/C16H25N5O/c1-17-15(18-9-13-4-7-20(2)10-13)21-6-3-5-16(12-21)8-14(22)19-11-16/h4,7,10H,3,5-6,8-9,11-12H2,1-2H3,(H,17,18)(H,19,22). The highest BCUT2D eigenvalue weighted by Gasteiger charge is 2.42. The zero-order valence-electron chi connectivity index (χ0n) is 13.4. The Morgan fingerprint density at radius 3 is 3.05 bits per heavy atom. The summed E-state index contributed by atoms with van der Waals surface area (Å²) in [5.74, 6) is 1.12. The van der Waals surface area contributed by atoms with Gasteiger partial charge in [-0.1, -0.05) is 0 Å². The molecule has 0 bridgehead atoms. The average Bonchev–Trinajstić information content (AvgIpc) is 3.06. The molecule has 1 unspecified atom stereocenters. The Bertz CT molecular complexity index is 579. The maximum absolute atomic E-state index is 11.6. The Balaban J connectivity index is 1.62. The maximum atomic E-state index is 11.6. The summed E-state index contributed by atoms with van der Waals surface area (Å²) >= 11 is 0. The molecule has 120 valence electrons. The first-order chi connectivity index (χ1) is 10.6. The van der Waals surface area contributed by atoms with E-state index in [1.165, 1.54) is 5.56 Å². The van der Waals surface area contributed by atoms with Crippen molar-refractivity contribution in [3.63, 3.8) is 0 Å². The van der Waals surface area contributed by atoms with Gasteiger partial charge in [0.05, 0.1) is 0 Å². The van der Waals surface area contributed by atoms with Crippen molar-refractivity contribution in [2.45, 2.75) is 25.8 Å². The van der Waals surface area contributed by atoms with Gasteiger partial charge in [0.25, 0.3) is 0 Å². The molecule has 1 aromatic heterocycles. The summed E-state index contributed by atoms with van der Waals surface area (Å²) in [6.45, 7) is 3.48. The van der Waals surface area contributed by atoms with Crippen LogP contribution in [0, 0.1) is 5.41 Å². The fourth-order valence-corrected chi connectivity index (χ4v) is 3.61. The Kier molecular flexibility index (Phi) is 4.09. The summed E-state index contributed by atoms with van der Waals surface area (Å²) in [6, 6.07) is 2.11. The number of carbonyl (C=O) groups excluding carboxylic acids is 1. The summed E-state index contributed by atoms with van der Waals surface area (Å²) < 4.78 is 2.05. The largest absolute Gasteiger partial charge is 0.357 e. The van der Waals surface area contributed by atoms with Crippen LogP contribution < -0.4 is 10.6 Å². The van der Waals surface area contributed by atoms with Gasteiger partial charge in [-0.15, -0.1) is 0 Å². The van der Waals surface area contributed by atoms with E-state index in [-0.39, 0.29) is 11.3 Å². The summed E-state index contributed by atoms with van der Waals surface area (Å²) in [5, 5.41) is 6.43. The first-order valence-electron chi connectivity index (χ1n) is 7.93. The number of aryl methyl sites for hydroxylation is 1. The van der Waals surface area contributed by atoms with E-state index in [1.54, 1.807) is 0 Å². The number of guanidine groups is 1. The van der Waals surface area contributed by atoms with Gasteiger partial charge >= 0.3 is 0 Å².